The van der Waals surface area contributed by atoms with Gasteiger partial charge in [-0.1, -0.05) is 12.1 Å². The zero-order chi connectivity index (χ0) is 21.3. The normalized spacial score (nSPS) is 12.4. The Kier molecular flexibility index (Phi) is 6.75. The first-order chi connectivity index (χ1) is 14.5. The number of ether oxygens (including phenoxy) is 2. The largest absolute Gasteiger partial charge is 0.493 e. The molecule has 0 bridgehead atoms. The lowest BCUT2D eigenvalue weighted by atomic mass is 10.0. The van der Waals surface area contributed by atoms with Crippen molar-refractivity contribution < 1.29 is 23.1 Å². The molecule has 3 aromatic rings. The number of benzene rings is 2. The number of rotatable bonds is 7. The van der Waals surface area contributed by atoms with Gasteiger partial charge in [0.05, 0.1) is 24.6 Å². The Labute approximate surface area is 185 Å². The molecule has 0 saturated carbocycles. The van der Waals surface area contributed by atoms with E-state index in [4.69, 9.17) is 19.6 Å². The highest BCUT2D eigenvalue weighted by Gasteiger charge is 2.23. The Bertz CT molecular complexity index is 1140. The summed E-state index contributed by atoms with van der Waals surface area (Å²) in [7, 11) is 1.62. The van der Waals surface area contributed by atoms with Crippen LogP contribution in [0, 0.1) is 5.82 Å². The van der Waals surface area contributed by atoms with Crippen molar-refractivity contribution in [1.29, 1.82) is 0 Å². The summed E-state index contributed by atoms with van der Waals surface area (Å²) in [5, 5.41) is 1.02. The van der Waals surface area contributed by atoms with E-state index < -0.39 is 11.7 Å². The van der Waals surface area contributed by atoms with Crippen molar-refractivity contribution in [1.82, 2.24) is 4.90 Å². The number of primary amides is 1. The summed E-state index contributed by atoms with van der Waals surface area (Å²) in [5.74, 6) is -0.354. The van der Waals surface area contributed by atoms with Crippen LogP contribution in [-0.4, -0.2) is 37.6 Å². The quantitative estimate of drug-likeness (QED) is 0.582. The summed E-state index contributed by atoms with van der Waals surface area (Å²) in [4.78, 5) is 13.9. The molecule has 1 aromatic heterocycles. The van der Waals surface area contributed by atoms with Gasteiger partial charge < -0.3 is 24.5 Å². The number of likely N-dealkylation sites (N-methyl/N-ethyl adjacent to an activating group) is 1. The van der Waals surface area contributed by atoms with Gasteiger partial charge in [-0.25, -0.2) is 4.39 Å². The summed E-state index contributed by atoms with van der Waals surface area (Å²) in [6, 6.07) is 8.40. The number of para-hydroxylation sites is 1. The number of nitrogens with two attached hydrogens (primary N) is 1. The lowest BCUT2D eigenvalue weighted by Gasteiger charge is -2.29. The summed E-state index contributed by atoms with van der Waals surface area (Å²) < 4.78 is 30.8. The number of nitrogens with zero attached hydrogens (tertiary/aromatic N) is 1. The Morgan fingerprint density at radius 2 is 2.10 bits per heavy atom. The standard InChI is InChI=1S/C23H23FN2O4.ClH/c1-3-26(10-9-14-12-29-22-16(14)5-4-6-20(22)28-2)15-11-18-17(23(25)27)7-8-19(24)21(18)30-13-15;/h4-8,11-12H,3,9-10,13H2,1-2H3,(H2,25,27);1H. The van der Waals surface area contributed by atoms with Gasteiger partial charge in [0.15, 0.2) is 22.9 Å². The van der Waals surface area contributed by atoms with Crippen LogP contribution in [0.5, 0.6) is 11.5 Å². The second-order valence-corrected chi connectivity index (χ2v) is 7.05. The molecule has 0 fully saturated rings. The molecule has 1 aliphatic heterocycles. The molecule has 0 saturated heterocycles. The van der Waals surface area contributed by atoms with Crippen molar-refractivity contribution in [2.45, 2.75) is 13.3 Å². The molecule has 4 rings (SSSR count). The number of hydrogen-bond donors (Lipinski definition) is 1. The minimum Gasteiger partial charge on any atom is -0.493 e. The van der Waals surface area contributed by atoms with Crippen molar-refractivity contribution in [3.8, 4) is 11.5 Å². The average Bonchev–Trinajstić information content (AvgIpc) is 3.17. The van der Waals surface area contributed by atoms with E-state index in [1.807, 2.05) is 25.1 Å². The Morgan fingerprint density at radius 3 is 2.81 bits per heavy atom. The highest BCUT2D eigenvalue weighted by molar-refractivity contribution is 5.98. The van der Waals surface area contributed by atoms with Crippen LogP contribution in [0.15, 0.2) is 46.7 Å². The summed E-state index contributed by atoms with van der Waals surface area (Å²) >= 11 is 0. The van der Waals surface area contributed by atoms with E-state index in [2.05, 4.69) is 4.90 Å². The lowest BCUT2D eigenvalue weighted by Crippen LogP contribution is -2.30. The summed E-state index contributed by atoms with van der Waals surface area (Å²) in [6.45, 7) is 3.69. The third-order valence-corrected chi connectivity index (χ3v) is 5.39. The molecule has 2 heterocycles. The molecule has 6 nitrogen and oxygen atoms in total. The fraction of sp³-hybridized carbons (Fsp3) is 0.261. The van der Waals surface area contributed by atoms with E-state index in [0.717, 1.165) is 35.2 Å². The molecule has 1 aliphatic rings. The Balaban J connectivity index is 0.00000272. The average molecular weight is 447 g/mol. The van der Waals surface area contributed by atoms with E-state index in [-0.39, 0.29) is 30.3 Å². The molecule has 8 heteroatoms. The summed E-state index contributed by atoms with van der Waals surface area (Å²) in [5.41, 5.74) is 8.76. The van der Waals surface area contributed by atoms with E-state index in [1.165, 1.54) is 12.1 Å². The van der Waals surface area contributed by atoms with Gasteiger partial charge in [-0.05, 0) is 37.6 Å². The van der Waals surface area contributed by atoms with Gasteiger partial charge in [0.1, 0.15) is 6.61 Å². The SMILES string of the molecule is CCN(CCc1coc2c(OC)cccc12)C1=Cc2c(C(N)=O)ccc(F)c2OC1.Cl. The predicted molar refractivity (Wildman–Crippen MR) is 119 cm³/mol. The third kappa shape index (κ3) is 4.18. The van der Waals surface area contributed by atoms with Gasteiger partial charge >= 0.3 is 0 Å². The minimum absolute atomic E-state index is 0. The zero-order valence-corrected chi connectivity index (χ0v) is 18.1. The number of amides is 1. The number of carbonyl (C=O) groups excluding carboxylic acids is 1. The van der Waals surface area contributed by atoms with Crippen LogP contribution in [0.25, 0.3) is 17.0 Å². The second-order valence-electron chi connectivity index (χ2n) is 7.05. The molecule has 2 aromatic carbocycles. The van der Waals surface area contributed by atoms with Crippen molar-refractivity contribution in [3.63, 3.8) is 0 Å². The van der Waals surface area contributed by atoms with Crippen molar-refractivity contribution >= 4 is 35.4 Å². The van der Waals surface area contributed by atoms with Crippen LogP contribution in [0.4, 0.5) is 4.39 Å². The number of furan rings is 1. The molecule has 0 radical (unpaired) electrons. The van der Waals surface area contributed by atoms with Gasteiger partial charge in [-0.15, -0.1) is 12.4 Å². The first kappa shape index (κ1) is 22.5. The van der Waals surface area contributed by atoms with Crippen LogP contribution in [0.1, 0.15) is 28.4 Å². The topological polar surface area (TPSA) is 77.9 Å². The fourth-order valence-corrected chi connectivity index (χ4v) is 3.81. The molecule has 0 atom stereocenters. The maximum absolute atomic E-state index is 14.1. The summed E-state index contributed by atoms with van der Waals surface area (Å²) in [6.07, 6.45) is 4.29. The molecule has 0 unspecified atom stereocenters. The molecule has 164 valence electrons. The van der Waals surface area contributed by atoms with E-state index >= 15 is 0 Å². The van der Waals surface area contributed by atoms with Gasteiger partial charge in [-0.3, -0.25) is 4.79 Å². The highest BCUT2D eigenvalue weighted by atomic mass is 35.5. The molecule has 2 N–H and O–H groups in total. The first-order valence-electron chi connectivity index (χ1n) is 9.77. The third-order valence-electron chi connectivity index (χ3n) is 5.39. The van der Waals surface area contributed by atoms with Crippen LogP contribution in [0.3, 0.4) is 0 Å². The Hall–Kier alpha value is -3.19. The second kappa shape index (κ2) is 9.31. The minimum atomic E-state index is -0.616. The number of methoxy groups -OCH3 is 1. The van der Waals surface area contributed by atoms with Crippen molar-refractivity contribution in [3.05, 3.63) is 64.8 Å². The van der Waals surface area contributed by atoms with Gasteiger partial charge in [0.25, 0.3) is 0 Å². The highest BCUT2D eigenvalue weighted by Crippen LogP contribution is 2.34. The fourth-order valence-electron chi connectivity index (χ4n) is 3.81. The molecule has 31 heavy (non-hydrogen) atoms. The molecule has 0 aliphatic carbocycles. The monoisotopic (exact) mass is 446 g/mol. The Morgan fingerprint density at radius 1 is 1.29 bits per heavy atom. The smallest absolute Gasteiger partial charge is 0.249 e. The number of halogens is 2. The number of fused-ring (bicyclic) bond motifs is 2. The molecular weight excluding hydrogens is 423 g/mol. The molecule has 0 spiro atoms. The number of hydrogen-bond acceptors (Lipinski definition) is 5. The van der Waals surface area contributed by atoms with Crippen LogP contribution in [-0.2, 0) is 6.42 Å². The molecular formula is C23H24ClFN2O4. The first-order valence-corrected chi connectivity index (χ1v) is 9.77. The van der Waals surface area contributed by atoms with E-state index in [9.17, 15) is 9.18 Å². The van der Waals surface area contributed by atoms with Crippen molar-refractivity contribution in [2.24, 2.45) is 5.73 Å². The zero-order valence-electron chi connectivity index (χ0n) is 17.3. The van der Waals surface area contributed by atoms with Gasteiger partial charge in [-0.2, -0.15) is 0 Å². The van der Waals surface area contributed by atoms with Gasteiger partial charge in [0, 0.05) is 29.6 Å². The maximum Gasteiger partial charge on any atom is 0.249 e. The van der Waals surface area contributed by atoms with E-state index in [0.29, 0.717) is 17.9 Å². The van der Waals surface area contributed by atoms with Crippen LogP contribution in [0.2, 0.25) is 0 Å². The predicted octanol–water partition coefficient (Wildman–Crippen LogP) is 4.40. The van der Waals surface area contributed by atoms with Crippen LogP contribution < -0.4 is 15.2 Å². The number of carbonyl (C=O) groups is 1. The van der Waals surface area contributed by atoms with Crippen molar-refractivity contribution in [2.75, 3.05) is 26.8 Å². The lowest BCUT2D eigenvalue weighted by molar-refractivity contribution is 0.0999. The molecule has 1 amide bonds. The van der Waals surface area contributed by atoms with E-state index in [1.54, 1.807) is 19.4 Å². The maximum atomic E-state index is 14.1. The van der Waals surface area contributed by atoms with Gasteiger partial charge in [0.2, 0.25) is 5.91 Å². The van der Waals surface area contributed by atoms with Crippen LogP contribution >= 0.6 is 12.4 Å².